The molecular formula is C14H26N4O. The molecule has 108 valence electrons. The van der Waals surface area contributed by atoms with E-state index in [1.807, 2.05) is 11.9 Å². The highest BCUT2D eigenvalue weighted by Gasteiger charge is 2.41. The number of hydrogen-bond donors (Lipinski definition) is 1. The summed E-state index contributed by atoms with van der Waals surface area (Å²) >= 11 is 0. The van der Waals surface area contributed by atoms with Crippen LogP contribution in [0.15, 0.2) is 0 Å². The van der Waals surface area contributed by atoms with Crippen molar-refractivity contribution in [2.24, 2.45) is 5.92 Å². The van der Waals surface area contributed by atoms with Crippen LogP contribution in [0, 0.1) is 5.92 Å². The number of nitrogens with one attached hydrogen (secondary N) is 1. The first-order chi connectivity index (χ1) is 9.15. The van der Waals surface area contributed by atoms with Crippen molar-refractivity contribution >= 4 is 6.03 Å². The van der Waals surface area contributed by atoms with Crippen molar-refractivity contribution in [2.75, 3.05) is 46.8 Å². The molecule has 5 heteroatoms. The van der Waals surface area contributed by atoms with Gasteiger partial charge in [0.25, 0.3) is 0 Å². The van der Waals surface area contributed by atoms with E-state index in [2.05, 4.69) is 22.2 Å². The molecule has 5 nitrogen and oxygen atoms in total. The lowest BCUT2D eigenvalue weighted by Crippen LogP contribution is -2.39. The first-order valence-corrected chi connectivity index (χ1v) is 7.59. The number of rotatable bonds is 3. The number of carbonyl (C=O) groups excluding carboxylic acids is 1. The quantitative estimate of drug-likeness (QED) is 0.805. The van der Waals surface area contributed by atoms with Crippen molar-refractivity contribution in [1.29, 1.82) is 0 Å². The van der Waals surface area contributed by atoms with Gasteiger partial charge in [0, 0.05) is 32.7 Å². The summed E-state index contributed by atoms with van der Waals surface area (Å²) in [4.78, 5) is 18.8. The Morgan fingerprint density at radius 3 is 2.74 bits per heavy atom. The highest BCUT2D eigenvalue weighted by molar-refractivity contribution is 5.77. The van der Waals surface area contributed by atoms with Crippen molar-refractivity contribution in [1.82, 2.24) is 20.0 Å². The van der Waals surface area contributed by atoms with Gasteiger partial charge in [-0.2, -0.15) is 0 Å². The molecule has 19 heavy (non-hydrogen) atoms. The molecular weight excluding hydrogens is 240 g/mol. The molecule has 3 saturated heterocycles. The van der Waals surface area contributed by atoms with Gasteiger partial charge in [-0.25, -0.2) is 4.79 Å². The highest BCUT2D eigenvalue weighted by atomic mass is 16.2. The second-order valence-electron chi connectivity index (χ2n) is 6.47. The molecule has 2 amide bonds. The molecule has 0 radical (unpaired) electrons. The minimum atomic E-state index is 0.230. The van der Waals surface area contributed by atoms with E-state index >= 15 is 0 Å². The number of urea groups is 1. The van der Waals surface area contributed by atoms with Gasteiger partial charge in [-0.15, -0.1) is 0 Å². The van der Waals surface area contributed by atoms with E-state index in [0.29, 0.717) is 18.0 Å². The maximum absolute atomic E-state index is 12.4. The minimum Gasteiger partial charge on any atom is -0.323 e. The van der Waals surface area contributed by atoms with Crippen molar-refractivity contribution in [2.45, 2.75) is 31.3 Å². The molecule has 3 atom stereocenters. The zero-order chi connectivity index (χ0) is 13.4. The Hall–Kier alpha value is -0.810. The number of likely N-dealkylation sites (N-methyl/N-ethyl adjacent to an activating group) is 1. The zero-order valence-corrected chi connectivity index (χ0v) is 12.1. The molecule has 1 N–H and O–H groups in total. The molecule has 0 bridgehead atoms. The van der Waals surface area contributed by atoms with Crippen molar-refractivity contribution < 1.29 is 4.79 Å². The predicted molar refractivity (Wildman–Crippen MR) is 75.1 cm³/mol. The van der Waals surface area contributed by atoms with Gasteiger partial charge >= 0.3 is 6.03 Å². The predicted octanol–water partition coefficient (Wildman–Crippen LogP) is 0.426. The molecule has 0 aromatic heterocycles. The average Bonchev–Trinajstić information content (AvgIpc) is 3.08. The Bertz CT molecular complexity index is 342. The molecule has 0 spiro atoms. The maximum Gasteiger partial charge on any atom is 0.320 e. The fourth-order valence-electron chi connectivity index (χ4n) is 3.87. The second kappa shape index (κ2) is 5.29. The Kier molecular flexibility index (Phi) is 3.67. The summed E-state index contributed by atoms with van der Waals surface area (Å²) in [6, 6.07) is 1.16. The summed E-state index contributed by atoms with van der Waals surface area (Å²) in [5.74, 6) is 0.653. The van der Waals surface area contributed by atoms with Crippen LogP contribution in [-0.4, -0.2) is 79.6 Å². The van der Waals surface area contributed by atoms with Gasteiger partial charge in [0.2, 0.25) is 0 Å². The largest absolute Gasteiger partial charge is 0.323 e. The van der Waals surface area contributed by atoms with Gasteiger partial charge in [-0.05, 0) is 45.3 Å². The summed E-state index contributed by atoms with van der Waals surface area (Å²) in [5, 5.41) is 3.49. The number of amides is 2. The van der Waals surface area contributed by atoms with E-state index in [1.165, 1.54) is 25.8 Å². The molecule has 0 aliphatic carbocycles. The van der Waals surface area contributed by atoms with Crippen LogP contribution in [0.4, 0.5) is 4.79 Å². The molecule has 0 aromatic carbocycles. The lowest BCUT2D eigenvalue weighted by Gasteiger charge is -2.23. The lowest BCUT2D eigenvalue weighted by molar-refractivity contribution is 0.187. The van der Waals surface area contributed by atoms with Crippen molar-refractivity contribution in [3.05, 3.63) is 0 Å². The lowest BCUT2D eigenvalue weighted by atomic mass is 9.99. The number of likely N-dealkylation sites (tertiary alicyclic amines) is 1. The fraction of sp³-hybridized carbons (Fsp3) is 0.929. The van der Waals surface area contributed by atoms with E-state index in [0.717, 1.165) is 26.2 Å². The monoisotopic (exact) mass is 266 g/mol. The summed E-state index contributed by atoms with van der Waals surface area (Å²) in [6.45, 7) is 5.23. The number of nitrogens with zero attached hydrogens (tertiary/aromatic N) is 3. The zero-order valence-electron chi connectivity index (χ0n) is 12.1. The van der Waals surface area contributed by atoms with Gasteiger partial charge in [0.1, 0.15) is 0 Å². The Labute approximate surface area is 115 Å². The van der Waals surface area contributed by atoms with Crippen LogP contribution >= 0.6 is 0 Å². The molecule has 3 unspecified atom stereocenters. The van der Waals surface area contributed by atoms with Gasteiger partial charge < -0.3 is 20.0 Å². The van der Waals surface area contributed by atoms with Crippen LogP contribution in [-0.2, 0) is 0 Å². The van der Waals surface area contributed by atoms with Crippen LogP contribution in [0.1, 0.15) is 19.3 Å². The number of carbonyl (C=O) groups is 1. The van der Waals surface area contributed by atoms with Crippen LogP contribution in [0.3, 0.4) is 0 Å². The summed E-state index contributed by atoms with van der Waals surface area (Å²) in [7, 11) is 4.16. The number of hydrogen-bond acceptors (Lipinski definition) is 3. The third kappa shape index (κ3) is 2.58. The van der Waals surface area contributed by atoms with Gasteiger partial charge in [0.05, 0.1) is 6.04 Å². The van der Waals surface area contributed by atoms with E-state index < -0.39 is 0 Å². The topological polar surface area (TPSA) is 38.8 Å². The standard InChI is InChI=1S/C14H26N4O/c1-16-7-5-11(8-16)13-10-18(14(19)17(13)2)9-12-4-3-6-15-12/h11-13,15H,3-10H2,1-2H3. The summed E-state index contributed by atoms with van der Waals surface area (Å²) in [6.07, 6.45) is 3.69. The van der Waals surface area contributed by atoms with Gasteiger partial charge in [-0.3, -0.25) is 0 Å². The third-order valence-corrected chi connectivity index (χ3v) is 5.05. The maximum atomic E-state index is 12.4. The molecule has 3 fully saturated rings. The summed E-state index contributed by atoms with van der Waals surface area (Å²) < 4.78 is 0. The van der Waals surface area contributed by atoms with Crippen LogP contribution in [0.5, 0.6) is 0 Å². The molecule has 3 aliphatic rings. The molecule has 0 saturated carbocycles. The SMILES string of the molecule is CN1CCC(C2CN(CC3CCCN3)C(=O)N2C)C1. The Morgan fingerprint density at radius 1 is 1.26 bits per heavy atom. The Balaban J connectivity index is 1.60. The molecule has 3 heterocycles. The third-order valence-electron chi connectivity index (χ3n) is 5.05. The van der Waals surface area contributed by atoms with E-state index in [-0.39, 0.29) is 6.03 Å². The van der Waals surface area contributed by atoms with Crippen LogP contribution < -0.4 is 5.32 Å². The van der Waals surface area contributed by atoms with Crippen LogP contribution in [0.2, 0.25) is 0 Å². The fourth-order valence-corrected chi connectivity index (χ4v) is 3.87. The molecule has 3 rings (SSSR count). The second-order valence-corrected chi connectivity index (χ2v) is 6.47. The highest BCUT2D eigenvalue weighted by Crippen LogP contribution is 2.27. The first kappa shape index (κ1) is 13.2. The van der Waals surface area contributed by atoms with Gasteiger partial charge in [-0.1, -0.05) is 0 Å². The first-order valence-electron chi connectivity index (χ1n) is 7.59. The van der Waals surface area contributed by atoms with Gasteiger partial charge in [0.15, 0.2) is 0 Å². The molecule has 0 aromatic rings. The minimum absolute atomic E-state index is 0.230. The van der Waals surface area contributed by atoms with E-state index in [4.69, 9.17) is 0 Å². The summed E-state index contributed by atoms with van der Waals surface area (Å²) in [5.41, 5.74) is 0. The Morgan fingerprint density at radius 2 is 2.11 bits per heavy atom. The van der Waals surface area contributed by atoms with E-state index in [9.17, 15) is 4.79 Å². The molecule has 3 aliphatic heterocycles. The normalized spacial score (nSPS) is 36.7. The van der Waals surface area contributed by atoms with Crippen molar-refractivity contribution in [3.63, 3.8) is 0 Å². The van der Waals surface area contributed by atoms with E-state index in [1.54, 1.807) is 0 Å². The van der Waals surface area contributed by atoms with Crippen LogP contribution in [0.25, 0.3) is 0 Å². The van der Waals surface area contributed by atoms with Crippen molar-refractivity contribution in [3.8, 4) is 0 Å². The average molecular weight is 266 g/mol. The smallest absolute Gasteiger partial charge is 0.320 e.